The molecule has 0 saturated heterocycles. The number of hydrogen-bond donors (Lipinski definition) is 1. The summed E-state index contributed by atoms with van der Waals surface area (Å²) >= 11 is 0. The first kappa shape index (κ1) is 10.4. The molecule has 0 spiro atoms. The van der Waals surface area contributed by atoms with Crippen molar-refractivity contribution in [1.82, 2.24) is 0 Å². The summed E-state index contributed by atoms with van der Waals surface area (Å²) in [5, 5.41) is 8.67. The van der Waals surface area contributed by atoms with Crippen molar-refractivity contribution in [2.75, 3.05) is 6.61 Å². The first-order valence-corrected chi connectivity index (χ1v) is 3.93. The van der Waals surface area contributed by atoms with E-state index in [1.54, 1.807) is 0 Å². The molecule has 0 bridgehead atoms. The molecule has 0 amide bonds. The summed E-state index contributed by atoms with van der Waals surface area (Å²) in [5.74, 6) is 0. The van der Waals surface area contributed by atoms with Crippen LogP contribution in [0, 0.1) is 5.41 Å². The molecule has 1 heteroatoms. The van der Waals surface area contributed by atoms with Gasteiger partial charge in [-0.25, -0.2) is 0 Å². The second-order valence-electron chi connectivity index (χ2n) is 3.45. The summed E-state index contributed by atoms with van der Waals surface area (Å²) in [6.07, 6.45) is 4.72. The Morgan fingerprint density at radius 2 is 2.09 bits per heavy atom. The SMILES string of the molecule is C=CCC(C)(C)/C(C)=C/CO. The molecule has 1 N–H and O–H groups in total. The summed E-state index contributed by atoms with van der Waals surface area (Å²) in [7, 11) is 0. The van der Waals surface area contributed by atoms with Crippen LogP contribution in [0.25, 0.3) is 0 Å². The Morgan fingerprint density at radius 3 is 2.45 bits per heavy atom. The van der Waals surface area contributed by atoms with Gasteiger partial charge in [0.1, 0.15) is 0 Å². The highest BCUT2D eigenvalue weighted by Gasteiger charge is 2.17. The summed E-state index contributed by atoms with van der Waals surface area (Å²) in [5.41, 5.74) is 1.37. The number of hydrogen-bond acceptors (Lipinski definition) is 1. The van der Waals surface area contributed by atoms with E-state index in [9.17, 15) is 0 Å². The third-order valence-electron chi connectivity index (χ3n) is 2.12. The van der Waals surface area contributed by atoms with E-state index in [-0.39, 0.29) is 12.0 Å². The van der Waals surface area contributed by atoms with Crippen molar-refractivity contribution in [2.45, 2.75) is 27.2 Å². The lowest BCUT2D eigenvalue weighted by atomic mass is 9.82. The Bertz CT molecular complexity index is 154. The lowest BCUT2D eigenvalue weighted by Gasteiger charge is -2.23. The van der Waals surface area contributed by atoms with Crippen molar-refractivity contribution in [3.05, 3.63) is 24.3 Å². The second kappa shape index (κ2) is 4.35. The van der Waals surface area contributed by atoms with E-state index in [1.165, 1.54) is 5.57 Å². The largest absolute Gasteiger partial charge is 0.392 e. The molecule has 0 aromatic heterocycles. The molecular weight excluding hydrogens is 136 g/mol. The molecule has 0 radical (unpaired) electrons. The molecule has 0 aliphatic heterocycles. The summed E-state index contributed by atoms with van der Waals surface area (Å²) < 4.78 is 0. The van der Waals surface area contributed by atoms with Gasteiger partial charge in [0.2, 0.25) is 0 Å². The molecule has 1 nitrogen and oxygen atoms in total. The van der Waals surface area contributed by atoms with Gasteiger partial charge in [-0.1, -0.05) is 31.6 Å². The third-order valence-corrected chi connectivity index (χ3v) is 2.12. The number of allylic oxidation sites excluding steroid dienone is 2. The quantitative estimate of drug-likeness (QED) is 0.617. The second-order valence-corrected chi connectivity index (χ2v) is 3.45. The van der Waals surface area contributed by atoms with Crippen molar-refractivity contribution in [3.8, 4) is 0 Å². The lowest BCUT2D eigenvalue weighted by Crippen LogP contribution is -2.11. The molecule has 64 valence electrons. The number of aliphatic hydroxyl groups excluding tert-OH is 1. The van der Waals surface area contributed by atoms with Crippen LogP contribution in [0.3, 0.4) is 0 Å². The molecule has 0 atom stereocenters. The summed E-state index contributed by atoms with van der Waals surface area (Å²) in [6.45, 7) is 10.2. The molecule has 0 aromatic carbocycles. The van der Waals surface area contributed by atoms with Crippen LogP contribution in [0.5, 0.6) is 0 Å². The molecule has 0 fully saturated rings. The Kier molecular flexibility index (Phi) is 4.12. The zero-order valence-corrected chi connectivity index (χ0v) is 7.72. The standard InChI is InChI=1S/C10H18O/c1-5-7-10(3,4)9(2)6-8-11/h5-6,11H,1,7-8H2,2-4H3/b9-6+. The van der Waals surface area contributed by atoms with E-state index in [0.717, 1.165) is 6.42 Å². The topological polar surface area (TPSA) is 20.2 Å². The Balaban J connectivity index is 4.27. The van der Waals surface area contributed by atoms with Gasteiger partial charge in [0.25, 0.3) is 0 Å². The van der Waals surface area contributed by atoms with Gasteiger partial charge >= 0.3 is 0 Å². The minimum Gasteiger partial charge on any atom is -0.392 e. The van der Waals surface area contributed by atoms with Crippen molar-refractivity contribution in [2.24, 2.45) is 5.41 Å². The van der Waals surface area contributed by atoms with Crippen LogP contribution in [0.15, 0.2) is 24.3 Å². The Hall–Kier alpha value is -0.560. The van der Waals surface area contributed by atoms with Gasteiger partial charge in [0, 0.05) is 0 Å². The predicted molar refractivity (Wildman–Crippen MR) is 49.4 cm³/mol. The monoisotopic (exact) mass is 154 g/mol. The maximum absolute atomic E-state index is 8.67. The average Bonchev–Trinajstić information content (AvgIpc) is 1.88. The van der Waals surface area contributed by atoms with Crippen LogP contribution in [0.1, 0.15) is 27.2 Å². The first-order chi connectivity index (χ1) is 5.04. The van der Waals surface area contributed by atoms with Crippen molar-refractivity contribution in [1.29, 1.82) is 0 Å². The Morgan fingerprint density at radius 1 is 1.55 bits per heavy atom. The summed E-state index contributed by atoms with van der Waals surface area (Å²) in [4.78, 5) is 0. The van der Waals surface area contributed by atoms with Gasteiger partial charge in [-0.2, -0.15) is 0 Å². The van der Waals surface area contributed by atoms with Gasteiger partial charge in [-0.3, -0.25) is 0 Å². The van der Waals surface area contributed by atoms with E-state index >= 15 is 0 Å². The van der Waals surface area contributed by atoms with E-state index in [4.69, 9.17) is 5.11 Å². The van der Waals surface area contributed by atoms with Crippen LogP contribution in [-0.4, -0.2) is 11.7 Å². The van der Waals surface area contributed by atoms with E-state index < -0.39 is 0 Å². The summed E-state index contributed by atoms with van der Waals surface area (Å²) in [6, 6.07) is 0. The fourth-order valence-electron chi connectivity index (χ4n) is 0.935. The third kappa shape index (κ3) is 3.38. The highest BCUT2D eigenvalue weighted by molar-refractivity contribution is 5.10. The minimum atomic E-state index is 0.131. The van der Waals surface area contributed by atoms with E-state index in [2.05, 4.69) is 20.4 Å². The smallest absolute Gasteiger partial charge is 0.0615 e. The van der Waals surface area contributed by atoms with Crippen molar-refractivity contribution in [3.63, 3.8) is 0 Å². The zero-order valence-electron chi connectivity index (χ0n) is 7.72. The van der Waals surface area contributed by atoms with Crippen molar-refractivity contribution >= 4 is 0 Å². The highest BCUT2D eigenvalue weighted by atomic mass is 16.2. The van der Waals surface area contributed by atoms with Gasteiger partial charge in [-0.05, 0) is 18.8 Å². The molecule has 11 heavy (non-hydrogen) atoms. The maximum Gasteiger partial charge on any atom is 0.0615 e. The fourth-order valence-corrected chi connectivity index (χ4v) is 0.935. The number of aliphatic hydroxyl groups is 1. The van der Waals surface area contributed by atoms with Crippen LogP contribution >= 0.6 is 0 Å². The fraction of sp³-hybridized carbons (Fsp3) is 0.600. The normalized spacial score (nSPS) is 13.3. The molecule has 0 unspecified atom stereocenters. The average molecular weight is 154 g/mol. The first-order valence-electron chi connectivity index (χ1n) is 3.93. The molecule has 0 heterocycles. The molecular formula is C10H18O. The number of rotatable bonds is 4. The molecule has 0 rings (SSSR count). The van der Waals surface area contributed by atoms with Crippen LogP contribution in [0.2, 0.25) is 0 Å². The zero-order chi connectivity index (χ0) is 8.91. The van der Waals surface area contributed by atoms with Crippen LogP contribution in [0.4, 0.5) is 0 Å². The van der Waals surface area contributed by atoms with E-state index in [1.807, 2.05) is 19.1 Å². The van der Waals surface area contributed by atoms with Gasteiger partial charge in [0.05, 0.1) is 6.61 Å². The maximum atomic E-state index is 8.67. The van der Waals surface area contributed by atoms with Gasteiger partial charge < -0.3 is 5.11 Å². The van der Waals surface area contributed by atoms with Gasteiger partial charge in [0.15, 0.2) is 0 Å². The van der Waals surface area contributed by atoms with Crippen LogP contribution in [-0.2, 0) is 0 Å². The lowest BCUT2D eigenvalue weighted by molar-refractivity contribution is 0.336. The van der Waals surface area contributed by atoms with Crippen LogP contribution < -0.4 is 0 Å². The molecule has 0 saturated carbocycles. The molecule has 0 aliphatic rings. The predicted octanol–water partition coefficient (Wildman–Crippen LogP) is 2.53. The molecule has 0 aromatic rings. The minimum absolute atomic E-state index is 0.131. The van der Waals surface area contributed by atoms with Gasteiger partial charge in [-0.15, -0.1) is 6.58 Å². The van der Waals surface area contributed by atoms with Crippen molar-refractivity contribution < 1.29 is 5.11 Å². The Labute approximate surface area is 69.4 Å². The molecule has 0 aliphatic carbocycles. The highest BCUT2D eigenvalue weighted by Crippen LogP contribution is 2.29. The van der Waals surface area contributed by atoms with E-state index in [0.29, 0.717) is 0 Å².